The highest BCUT2D eigenvalue weighted by molar-refractivity contribution is 5.88. The van der Waals surface area contributed by atoms with Crippen molar-refractivity contribution in [1.82, 2.24) is 0 Å². The van der Waals surface area contributed by atoms with Crippen molar-refractivity contribution in [1.29, 1.82) is 0 Å². The lowest BCUT2D eigenvalue weighted by Gasteiger charge is -2.10. The van der Waals surface area contributed by atoms with Gasteiger partial charge in [0, 0.05) is 11.4 Å². The second-order valence-electron chi connectivity index (χ2n) is 3.61. The van der Waals surface area contributed by atoms with Gasteiger partial charge in [0.2, 0.25) is 0 Å². The normalized spacial score (nSPS) is 11.5. The summed E-state index contributed by atoms with van der Waals surface area (Å²) in [4.78, 5) is 11.4. The zero-order valence-corrected chi connectivity index (χ0v) is 10.8. The first-order valence-corrected chi connectivity index (χ1v) is 5.63. The maximum absolute atomic E-state index is 11.4. The van der Waals surface area contributed by atoms with E-state index in [2.05, 4.69) is 5.32 Å². The summed E-state index contributed by atoms with van der Waals surface area (Å²) in [6.07, 6.45) is 0. The number of esters is 1. The molecule has 0 aliphatic rings. The zero-order chi connectivity index (χ0) is 13.5. The third kappa shape index (κ3) is 3.69. The average Bonchev–Trinajstić information content (AvgIpc) is 2.39. The van der Waals surface area contributed by atoms with Crippen molar-refractivity contribution >= 4 is 11.7 Å². The molecule has 1 rings (SSSR count). The molecule has 18 heavy (non-hydrogen) atoms. The van der Waals surface area contributed by atoms with Crippen LogP contribution in [0.1, 0.15) is 13.8 Å². The SMILES string of the molecule is CCOC(=O)/C(N)=C(\C)Nc1ccc(OC)cc1. The lowest BCUT2D eigenvalue weighted by Crippen LogP contribution is -2.19. The van der Waals surface area contributed by atoms with Gasteiger partial charge in [-0.1, -0.05) is 0 Å². The number of carbonyl (C=O) groups excluding carboxylic acids is 1. The number of nitrogens with one attached hydrogen (secondary N) is 1. The van der Waals surface area contributed by atoms with Gasteiger partial charge in [0.1, 0.15) is 11.4 Å². The molecule has 0 heterocycles. The fraction of sp³-hybridized carbons (Fsp3) is 0.308. The molecule has 3 N–H and O–H groups in total. The van der Waals surface area contributed by atoms with Crippen LogP contribution < -0.4 is 15.8 Å². The number of hydrogen-bond donors (Lipinski definition) is 2. The highest BCUT2D eigenvalue weighted by Crippen LogP contribution is 2.17. The number of methoxy groups -OCH3 is 1. The summed E-state index contributed by atoms with van der Waals surface area (Å²) < 4.78 is 9.87. The van der Waals surface area contributed by atoms with Crippen LogP contribution in [0.25, 0.3) is 0 Å². The highest BCUT2D eigenvalue weighted by atomic mass is 16.5. The minimum Gasteiger partial charge on any atom is -0.497 e. The molecular formula is C13H18N2O3. The van der Waals surface area contributed by atoms with Gasteiger partial charge in [-0.2, -0.15) is 0 Å². The summed E-state index contributed by atoms with van der Waals surface area (Å²) >= 11 is 0. The molecule has 0 amide bonds. The van der Waals surface area contributed by atoms with Crippen molar-refractivity contribution in [3.63, 3.8) is 0 Å². The Hall–Kier alpha value is -2.17. The second-order valence-corrected chi connectivity index (χ2v) is 3.61. The number of hydrogen-bond acceptors (Lipinski definition) is 5. The molecule has 0 aromatic heterocycles. The van der Waals surface area contributed by atoms with Crippen LogP contribution in [0, 0.1) is 0 Å². The van der Waals surface area contributed by atoms with Crippen LogP contribution in [-0.2, 0) is 9.53 Å². The van der Waals surface area contributed by atoms with Crippen LogP contribution in [0.2, 0.25) is 0 Å². The summed E-state index contributed by atoms with van der Waals surface area (Å²) in [5, 5.41) is 3.03. The lowest BCUT2D eigenvalue weighted by atomic mass is 10.2. The Morgan fingerprint density at radius 2 is 1.94 bits per heavy atom. The maximum Gasteiger partial charge on any atom is 0.355 e. The van der Waals surface area contributed by atoms with Gasteiger partial charge < -0.3 is 20.5 Å². The molecule has 0 saturated heterocycles. The molecule has 0 atom stereocenters. The predicted octanol–water partition coefficient (Wildman–Crippen LogP) is 1.86. The van der Waals surface area contributed by atoms with Gasteiger partial charge in [0.15, 0.2) is 0 Å². The fourth-order valence-electron chi connectivity index (χ4n) is 1.32. The molecule has 0 saturated carbocycles. The number of anilines is 1. The molecule has 1 aromatic carbocycles. The van der Waals surface area contributed by atoms with Crippen LogP contribution in [0.15, 0.2) is 35.7 Å². The van der Waals surface area contributed by atoms with Gasteiger partial charge in [-0.15, -0.1) is 0 Å². The summed E-state index contributed by atoms with van der Waals surface area (Å²) in [5.41, 5.74) is 7.12. The van der Waals surface area contributed by atoms with E-state index in [0.717, 1.165) is 11.4 Å². The van der Waals surface area contributed by atoms with E-state index in [1.165, 1.54) is 0 Å². The summed E-state index contributed by atoms with van der Waals surface area (Å²) in [6.45, 7) is 3.75. The monoisotopic (exact) mass is 250 g/mol. The second kappa shape index (κ2) is 6.54. The molecule has 0 spiro atoms. The minimum atomic E-state index is -0.518. The van der Waals surface area contributed by atoms with E-state index in [0.29, 0.717) is 12.3 Å². The zero-order valence-electron chi connectivity index (χ0n) is 10.8. The Kier molecular flexibility index (Phi) is 5.05. The number of nitrogens with two attached hydrogens (primary N) is 1. The molecule has 1 aromatic rings. The fourth-order valence-corrected chi connectivity index (χ4v) is 1.32. The highest BCUT2D eigenvalue weighted by Gasteiger charge is 2.09. The van der Waals surface area contributed by atoms with E-state index < -0.39 is 5.97 Å². The van der Waals surface area contributed by atoms with Gasteiger partial charge in [-0.25, -0.2) is 4.79 Å². The Labute approximate surface area is 107 Å². The van der Waals surface area contributed by atoms with Gasteiger partial charge in [0.25, 0.3) is 0 Å². The molecular weight excluding hydrogens is 232 g/mol. The molecule has 0 fully saturated rings. The van der Waals surface area contributed by atoms with Crippen molar-refractivity contribution in [2.75, 3.05) is 19.0 Å². The first kappa shape index (κ1) is 13.9. The number of carbonyl (C=O) groups is 1. The van der Waals surface area contributed by atoms with Crippen LogP contribution in [0.4, 0.5) is 5.69 Å². The van der Waals surface area contributed by atoms with Crippen molar-refractivity contribution in [2.24, 2.45) is 5.73 Å². The third-order valence-corrected chi connectivity index (χ3v) is 2.32. The Bertz CT molecular complexity index is 438. The molecule has 5 nitrogen and oxygen atoms in total. The number of ether oxygens (including phenoxy) is 2. The molecule has 0 aliphatic heterocycles. The first-order valence-electron chi connectivity index (χ1n) is 5.63. The largest absolute Gasteiger partial charge is 0.497 e. The van der Waals surface area contributed by atoms with Gasteiger partial charge >= 0.3 is 5.97 Å². The van der Waals surface area contributed by atoms with Crippen LogP contribution in [-0.4, -0.2) is 19.7 Å². The predicted molar refractivity (Wildman–Crippen MR) is 70.1 cm³/mol. The molecule has 98 valence electrons. The third-order valence-electron chi connectivity index (χ3n) is 2.32. The Morgan fingerprint density at radius 3 is 2.44 bits per heavy atom. The van der Waals surface area contributed by atoms with Crippen molar-refractivity contribution in [3.05, 3.63) is 35.7 Å². The van der Waals surface area contributed by atoms with Crippen molar-refractivity contribution < 1.29 is 14.3 Å². The molecule has 0 unspecified atom stereocenters. The quantitative estimate of drug-likeness (QED) is 0.616. The topological polar surface area (TPSA) is 73.6 Å². The number of rotatable bonds is 5. The van der Waals surface area contributed by atoms with Crippen molar-refractivity contribution in [3.8, 4) is 5.75 Å². The smallest absolute Gasteiger partial charge is 0.355 e. The number of benzene rings is 1. The van der Waals surface area contributed by atoms with Gasteiger partial charge in [-0.05, 0) is 38.1 Å². The Balaban J connectivity index is 2.75. The Morgan fingerprint density at radius 1 is 1.33 bits per heavy atom. The first-order chi connectivity index (χ1) is 8.58. The van der Waals surface area contributed by atoms with E-state index in [1.54, 1.807) is 21.0 Å². The molecule has 0 radical (unpaired) electrons. The summed E-state index contributed by atoms with van der Waals surface area (Å²) in [5.74, 6) is 0.247. The maximum atomic E-state index is 11.4. The van der Waals surface area contributed by atoms with E-state index >= 15 is 0 Å². The van der Waals surface area contributed by atoms with Gasteiger partial charge in [0.05, 0.1) is 13.7 Å². The van der Waals surface area contributed by atoms with Crippen LogP contribution >= 0.6 is 0 Å². The van der Waals surface area contributed by atoms with E-state index in [-0.39, 0.29) is 5.70 Å². The number of allylic oxidation sites excluding steroid dienone is 1. The minimum absolute atomic E-state index is 0.0765. The van der Waals surface area contributed by atoms with Crippen molar-refractivity contribution in [2.45, 2.75) is 13.8 Å². The molecule has 0 aliphatic carbocycles. The van der Waals surface area contributed by atoms with E-state index in [4.69, 9.17) is 15.2 Å². The van der Waals surface area contributed by atoms with Crippen LogP contribution in [0.3, 0.4) is 0 Å². The average molecular weight is 250 g/mol. The summed E-state index contributed by atoms with van der Waals surface area (Å²) in [6, 6.07) is 7.30. The van der Waals surface area contributed by atoms with E-state index in [1.807, 2.05) is 24.3 Å². The lowest BCUT2D eigenvalue weighted by molar-refractivity contribution is -0.138. The molecule has 0 bridgehead atoms. The standard InChI is InChI=1S/C13H18N2O3/c1-4-18-13(16)12(14)9(2)15-10-5-7-11(17-3)8-6-10/h5-8,15H,4,14H2,1-3H3/b12-9-. The molecule has 5 heteroatoms. The van der Waals surface area contributed by atoms with E-state index in [9.17, 15) is 4.79 Å². The summed E-state index contributed by atoms with van der Waals surface area (Å²) in [7, 11) is 1.60. The van der Waals surface area contributed by atoms with Crippen LogP contribution in [0.5, 0.6) is 5.75 Å². The van der Waals surface area contributed by atoms with Gasteiger partial charge in [-0.3, -0.25) is 0 Å².